The summed E-state index contributed by atoms with van der Waals surface area (Å²) in [6, 6.07) is 21.0. The van der Waals surface area contributed by atoms with Crippen LogP contribution in [-0.4, -0.2) is 26.1 Å². The van der Waals surface area contributed by atoms with Crippen LogP contribution >= 0.6 is 12.2 Å². The van der Waals surface area contributed by atoms with E-state index in [2.05, 4.69) is 76.1 Å². The van der Waals surface area contributed by atoms with E-state index in [9.17, 15) is 0 Å². The second-order valence-corrected chi connectivity index (χ2v) is 6.87. The Morgan fingerprint density at radius 1 is 1.04 bits per heavy atom. The number of pyridine rings is 1. The Bertz CT molecular complexity index is 904. The first-order valence-electron chi connectivity index (χ1n) is 8.92. The average molecular weight is 363 g/mol. The Labute approximate surface area is 159 Å². The molecule has 0 bridgehead atoms. The number of para-hydroxylation sites is 1. The summed E-state index contributed by atoms with van der Waals surface area (Å²) in [5.74, 6) is 0. The number of nitrogens with one attached hydrogen (secondary N) is 1. The van der Waals surface area contributed by atoms with Crippen molar-refractivity contribution in [3.63, 3.8) is 0 Å². The molecule has 3 aromatic rings. The number of hydrogen-bond donors (Lipinski definition) is 1. The number of aryl methyl sites for hydroxylation is 1. The van der Waals surface area contributed by atoms with Crippen molar-refractivity contribution in [2.75, 3.05) is 6.54 Å². The van der Waals surface area contributed by atoms with Crippen molar-refractivity contribution in [2.45, 2.75) is 25.9 Å². The van der Waals surface area contributed by atoms with E-state index in [1.807, 2.05) is 24.4 Å². The third-order valence-corrected chi connectivity index (χ3v) is 5.31. The van der Waals surface area contributed by atoms with Crippen LogP contribution in [0.4, 0.5) is 0 Å². The second-order valence-electron chi connectivity index (χ2n) is 6.48. The number of hydrogen-bond acceptors (Lipinski definition) is 2. The van der Waals surface area contributed by atoms with Gasteiger partial charge in [0.1, 0.15) is 0 Å². The lowest BCUT2D eigenvalue weighted by molar-refractivity contribution is 0.320. The van der Waals surface area contributed by atoms with Crippen LogP contribution in [0.3, 0.4) is 0 Å². The van der Waals surface area contributed by atoms with Gasteiger partial charge in [-0.2, -0.15) is 0 Å². The minimum Gasteiger partial charge on any atom is -0.352 e. The van der Waals surface area contributed by atoms with Gasteiger partial charge in [0.05, 0.1) is 17.8 Å². The lowest BCUT2D eigenvalue weighted by Crippen LogP contribution is -2.30. The lowest BCUT2D eigenvalue weighted by atomic mass is 10.0. The van der Waals surface area contributed by atoms with Crippen molar-refractivity contribution in [3.05, 3.63) is 83.9 Å². The number of benzene rings is 1. The van der Waals surface area contributed by atoms with Crippen molar-refractivity contribution in [1.82, 2.24) is 19.8 Å². The molecule has 0 unspecified atom stereocenters. The van der Waals surface area contributed by atoms with Crippen molar-refractivity contribution < 1.29 is 0 Å². The molecule has 4 rings (SSSR count). The molecule has 1 aliphatic heterocycles. The molecule has 5 heteroatoms. The van der Waals surface area contributed by atoms with Crippen LogP contribution in [0.15, 0.2) is 66.9 Å². The number of likely N-dealkylation sites (N-methyl/N-ethyl adjacent to an activating group) is 1. The highest BCUT2D eigenvalue weighted by atomic mass is 32.1. The summed E-state index contributed by atoms with van der Waals surface area (Å²) in [5.41, 5.74) is 4.60. The molecule has 1 aliphatic rings. The average Bonchev–Trinajstić information content (AvgIpc) is 3.22. The number of rotatable bonds is 4. The highest BCUT2D eigenvalue weighted by Gasteiger charge is 2.40. The van der Waals surface area contributed by atoms with Gasteiger partial charge in [-0.05, 0) is 62.5 Å². The van der Waals surface area contributed by atoms with Crippen LogP contribution in [0.5, 0.6) is 0 Å². The largest absolute Gasteiger partial charge is 0.352 e. The fourth-order valence-electron chi connectivity index (χ4n) is 3.79. The van der Waals surface area contributed by atoms with Crippen molar-refractivity contribution in [2.24, 2.45) is 0 Å². The monoisotopic (exact) mass is 362 g/mol. The van der Waals surface area contributed by atoms with Crippen LogP contribution in [0, 0.1) is 6.92 Å². The van der Waals surface area contributed by atoms with Gasteiger partial charge < -0.3 is 14.8 Å². The van der Waals surface area contributed by atoms with Gasteiger partial charge in [0.15, 0.2) is 5.11 Å². The van der Waals surface area contributed by atoms with E-state index >= 15 is 0 Å². The molecule has 1 aromatic carbocycles. The van der Waals surface area contributed by atoms with Gasteiger partial charge in [-0.25, -0.2) is 0 Å². The molecule has 4 nitrogen and oxygen atoms in total. The summed E-state index contributed by atoms with van der Waals surface area (Å²) >= 11 is 5.64. The zero-order chi connectivity index (χ0) is 18.1. The van der Waals surface area contributed by atoms with E-state index in [1.165, 1.54) is 17.1 Å². The highest BCUT2D eigenvalue weighted by molar-refractivity contribution is 7.80. The first-order chi connectivity index (χ1) is 12.7. The minimum absolute atomic E-state index is 0.0282. The second kappa shape index (κ2) is 6.92. The smallest absolute Gasteiger partial charge is 0.170 e. The zero-order valence-electron chi connectivity index (χ0n) is 15.0. The Kier molecular flexibility index (Phi) is 4.47. The fraction of sp³-hybridized carbons (Fsp3) is 0.238. The van der Waals surface area contributed by atoms with Crippen LogP contribution < -0.4 is 5.32 Å². The summed E-state index contributed by atoms with van der Waals surface area (Å²) in [6.07, 6.45) is 1.84. The van der Waals surface area contributed by atoms with Crippen LogP contribution in [0.1, 0.15) is 36.1 Å². The van der Waals surface area contributed by atoms with Gasteiger partial charge >= 0.3 is 0 Å². The van der Waals surface area contributed by atoms with Gasteiger partial charge in [0.25, 0.3) is 0 Å². The molecule has 0 aliphatic carbocycles. The maximum atomic E-state index is 5.64. The molecule has 132 valence electrons. The van der Waals surface area contributed by atoms with Crippen molar-refractivity contribution in [3.8, 4) is 5.69 Å². The van der Waals surface area contributed by atoms with Crippen molar-refractivity contribution >= 4 is 17.3 Å². The number of thiocarbonyl (C=S) groups is 1. The topological polar surface area (TPSA) is 33.1 Å². The van der Waals surface area contributed by atoms with Crippen LogP contribution in [0.25, 0.3) is 5.69 Å². The van der Waals surface area contributed by atoms with E-state index < -0.39 is 0 Å². The first-order valence-corrected chi connectivity index (χ1v) is 9.33. The molecule has 2 atom stereocenters. The maximum Gasteiger partial charge on any atom is 0.170 e. The predicted octanol–water partition coefficient (Wildman–Crippen LogP) is 4.17. The molecule has 0 radical (unpaired) electrons. The number of nitrogens with zero attached hydrogens (tertiary/aromatic N) is 3. The first kappa shape index (κ1) is 16.8. The summed E-state index contributed by atoms with van der Waals surface area (Å²) < 4.78 is 2.32. The Morgan fingerprint density at radius 2 is 1.81 bits per heavy atom. The van der Waals surface area contributed by atoms with E-state index in [1.54, 1.807) is 0 Å². The molecular formula is C21H22N4S. The van der Waals surface area contributed by atoms with Gasteiger partial charge in [-0.1, -0.05) is 24.3 Å². The van der Waals surface area contributed by atoms with E-state index in [0.29, 0.717) is 0 Å². The van der Waals surface area contributed by atoms with Crippen LogP contribution in [0.2, 0.25) is 0 Å². The summed E-state index contributed by atoms with van der Waals surface area (Å²) in [4.78, 5) is 6.84. The van der Waals surface area contributed by atoms with E-state index in [0.717, 1.165) is 17.4 Å². The molecule has 0 spiro atoms. The summed E-state index contributed by atoms with van der Waals surface area (Å²) in [6.45, 7) is 5.13. The Hall–Kier alpha value is -2.66. The maximum absolute atomic E-state index is 5.64. The van der Waals surface area contributed by atoms with E-state index in [4.69, 9.17) is 12.2 Å². The van der Waals surface area contributed by atoms with Gasteiger partial charge in [0, 0.05) is 29.8 Å². The van der Waals surface area contributed by atoms with Gasteiger partial charge in [-0.3, -0.25) is 4.98 Å². The van der Waals surface area contributed by atoms with Crippen molar-refractivity contribution in [1.29, 1.82) is 0 Å². The Morgan fingerprint density at radius 3 is 2.50 bits per heavy atom. The fourth-order valence-corrected chi connectivity index (χ4v) is 4.16. The van der Waals surface area contributed by atoms with Gasteiger partial charge in [0.2, 0.25) is 0 Å². The Balaban J connectivity index is 1.85. The van der Waals surface area contributed by atoms with Crippen LogP contribution in [-0.2, 0) is 0 Å². The van der Waals surface area contributed by atoms with E-state index in [-0.39, 0.29) is 12.1 Å². The molecular weight excluding hydrogens is 340 g/mol. The highest BCUT2D eigenvalue weighted by Crippen LogP contribution is 2.39. The zero-order valence-corrected chi connectivity index (χ0v) is 15.8. The normalized spacial score (nSPS) is 19.6. The summed E-state index contributed by atoms with van der Waals surface area (Å²) in [5, 5.41) is 4.27. The molecule has 0 amide bonds. The minimum atomic E-state index is 0.0282. The molecule has 1 fully saturated rings. The van der Waals surface area contributed by atoms with Gasteiger partial charge in [-0.15, -0.1) is 0 Å². The molecule has 1 N–H and O–H groups in total. The third kappa shape index (κ3) is 2.78. The predicted molar refractivity (Wildman–Crippen MR) is 108 cm³/mol. The standard InChI is InChI=1S/C21H22N4S/c1-3-24-20(19(23-21(24)26)17-11-7-8-14-22-17)18-13-12-15(2)25(18)16-9-5-4-6-10-16/h4-14,19-20H,3H2,1-2H3,(H,23,26)/t19-,20-/m0/s1. The number of aromatic nitrogens is 2. The summed E-state index contributed by atoms with van der Waals surface area (Å²) in [7, 11) is 0. The molecule has 26 heavy (non-hydrogen) atoms. The quantitative estimate of drug-likeness (QED) is 0.706. The SMILES string of the molecule is CCN1C(=S)N[C@@H](c2ccccn2)[C@@H]1c1ccc(C)n1-c1ccccc1. The lowest BCUT2D eigenvalue weighted by Gasteiger charge is -2.28. The molecule has 3 heterocycles. The molecule has 2 aromatic heterocycles. The molecule has 0 saturated carbocycles. The molecule has 1 saturated heterocycles. The third-order valence-electron chi connectivity index (χ3n) is 4.96.